The number of hydrogen-bond donors (Lipinski definition) is 1. The first-order valence-electron chi connectivity index (χ1n) is 5.91. The summed E-state index contributed by atoms with van der Waals surface area (Å²) in [6.45, 7) is 2.46. The zero-order valence-electron chi connectivity index (χ0n) is 10.8. The standard InChI is InChI=1S/C13H13N3O4/c1-2-19-10-3-5-11(6-4-10)20-13-8-9(16(17)18)7-12(14)15-13/h3-8H,2H2,1H3,(H2,14,15). The lowest BCUT2D eigenvalue weighted by atomic mass is 10.3. The van der Waals surface area contributed by atoms with E-state index in [1.165, 1.54) is 12.1 Å². The Balaban J connectivity index is 2.19. The van der Waals surface area contributed by atoms with E-state index < -0.39 is 4.92 Å². The molecule has 20 heavy (non-hydrogen) atoms. The highest BCUT2D eigenvalue weighted by Gasteiger charge is 2.11. The Morgan fingerprint density at radius 3 is 2.50 bits per heavy atom. The minimum atomic E-state index is -0.552. The summed E-state index contributed by atoms with van der Waals surface area (Å²) in [5, 5.41) is 10.7. The van der Waals surface area contributed by atoms with Crippen molar-refractivity contribution in [3.05, 3.63) is 46.5 Å². The van der Waals surface area contributed by atoms with E-state index in [1.54, 1.807) is 24.3 Å². The molecule has 0 saturated carbocycles. The molecule has 0 radical (unpaired) electrons. The molecule has 7 heteroatoms. The zero-order chi connectivity index (χ0) is 14.5. The molecular weight excluding hydrogens is 262 g/mol. The molecule has 0 atom stereocenters. The predicted octanol–water partition coefficient (Wildman–Crippen LogP) is 2.76. The largest absolute Gasteiger partial charge is 0.494 e. The van der Waals surface area contributed by atoms with Crippen LogP contribution in [0.25, 0.3) is 0 Å². The highest BCUT2D eigenvalue weighted by atomic mass is 16.6. The first-order chi connectivity index (χ1) is 9.58. The van der Waals surface area contributed by atoms with Crippen molar-refractivity contribution in [3.8, 4) is 17.4 Å². The molecule has 0 spiro atoms. The smallest absolute Gasteiger partial charge is 0.278 e. The van der Waals surface area contributed by atoms with Gasteiger partial charge in [0.25, 0.3) is 5.69 Å². The van der Waals surface area contributed by atoms with Gasteiger partial charge in [0, 0.05) is 0 Å². The second-order valence-corrected chi connectivity index (χ2v) is 3.85. The van der Waals surface area contributed by atoms with E-state index in [0.717, 1.165) is 0 Å². The first kappa shape index (κ1) is 13.6. The molecule has 7 nitrogen and oxygen atoms in total. The van der Waals surface area contributed by atoms with Gasteiger partial charge in [0.05, 0.1) is 23.7 Å². The van der Waals surface area contributed by atoms with Gasteiger partial charge < -0.3 is 15.2 Å². The monoisotopic (exact) mass is 275 g/mol. The van der Waals surface area contributed by atoms with Crippen molar-refractivity contribution >= 4 is 11.5 Å². The number of benzene rings is 1. The van der Waals surface area contributed by atoms with Gasteiger partial charge in [0.1, 0.15) is 17.3 Å². The highest BCUT2D eigenvalue weighted by Crippen LogP contribution is 2.26. The minimum absolute atomic E-state index is 0.0279. The fourth-order valence-electron chi connectivity index (χ4n) is 1.56. The van der Waals surface area contributed by atoms with Crippen LogP contribution in [0.5, 0.6) is 17.4 Å². The van der Waals surface area contributed by atoms with Crippen molar-refractivity contribution in [2.45, 2.75) is 6.92 Å². The van der Waals surface area contributed by atoms with Crippen LogP contribution in [-0.2, 0) is 0 Å². The second kappa shape index (κ2) is 5.87. The van der Waals surface area contributed by atoms with Crippen LogP contribution in [0.15, 0.2) is 36.4 Å². The third kappa shape index (κ3) is 3.35. The normalized spacial score (nSPS) is 10.1. The van der Waals surface area contributed by atoms with Crippen LogP contribution in [-0.4, -0.2) is 16.5 Å². The summed E-state index contributed by atoms with van der Waals surface area (Å²) >= 11 is 0. The number of hydrogen-bond acceptors (Lipinski definition) is 6. The van der Waals surface area contributed by atoms with E-state index in [9.17, 15) is 10.1 Å². The van der Waals surface area contributed by atoms with Gasteiger partial charge in [0.2, 0.25) is 5.88 Å². The third-order valence-electron chi connectivity index (χ3n) is 2.37. The van der Waals surface area contributed by atoms with Gasteiger partial charge in [-0.05, 0) is 31.2 Å². The van der Waals surface area contributed by atoms with E-state index in [0.29, 0.717) is 18.1 Å². The van der Waals surface area contributed by atoms with E-state index in [4.69, 9.17) is 15.2 Å². The topological polar surface area (TPSA) is 101 Å². The maximum Gasteiger partial charge on any atom is 0.278 e. The Morgan fingerprint density at radius 2 is 1.90 bits per heavy atom. The summed E-state index contributed by atoms with van der Waals surface area (Å²) in [7, 11) is 0. The Morgan fingerprint density at radius 1 is 1.25 bits per heavy atom. The summed E-state index contributed by atoms with van der Waals surface area (Å²) in [5.41, 5.74) is 5.33. The molecule has 0 amide bonds. The molecule has 0 bridgehead atoms. The van der Waals surface area contributed by atoms with Crippen LogP contribution in [0, 0.1) is 10.1 Å². The fraction of sp³-hybridized carbons (Fsp3) is 0.154. The van der Waals surface area contributed by atoms with Gasteiger partial charge in [-0.15, -0.1) is 0 Å². The number of nitrogens with zero attached hydrogens (tertiary/aromatic N) is 2. The first-order valence-corrected chi connectivity index (χ1v) is 5.91. The molecule has 0 aliphatic heterocycles. The maximum absolute atomic E-state index is 10.7. The Hall–Kier alpha value is -2.83. The number of aromatic nitrogens is 1. The van der Waals surface area contributed by atoms with Gasteiger partial charge >= 0.3 is 0 Å². The van der Waals surface area contributed by atoms with Gasteiger partial charge in [-0.3, -0.25) is 10.1 Å². The second-order valence-electron chi connectivity index (χ2n) is 3.85. The maximum atomic E-state index is 10.7. The minimum Gasteiger partial charge on any atom is -0.494 e. The molecule has 0 aliphatic rings. The van der Waals surface area contributed by atoms with Crippen LogP contribution in [0.4, 0.5) is 11.5 Å². The lowest BCUT2D eigenvalue weighted by molar-refractivity contribution is -0.384. The summed E-state index contributed by atoms with van der Waals surface area (Å²) < 4.78 is 10.7. The summed E-state index contributed by atoms with van der Waals surface area (Å²) in [6, 6.07) is 9.22. The molecule has 1 heterocycles. The average molecular weight is 275 g/mol. The Kier molecular flexibility index (Phi) is 3.99. The lowest BCUT2D eigenvalue weighted by Gasteiger charge is -2.07. The molecule has 0 aliphatic carbocycles. The zero-order valence-corrected chi connectivity index (χ0v) is 10.8. The van der Waals surface area contributed by atoms with Crippen LogP contribution in [0.3, 0.4) is 0 Å². The van der Waals surface area contributed by atoms with Crippen LogP contribution < -0.4 is 15.2 Å². The number of ether oxygens (including phenoxy) is 2. The molecule has 0 fully saturated rings. The van der Waals surface area contributed by atoms with Crippen molar-refractivity contribution in [1.29, 1.82) is 0 Å². The molecule has 2 aromatic rings. The molecule has 2 rings (SSSR count). The predicted molar refractivity (Wildman–Crippen MR) is 73.0 cm³/mol. The van der Waals surface area contributed by atoms with Crippen molar-refractivity contribution < 1.29 is 14.4 Å². The molecule has 2 N–H and O–H groups in total. The number of rotatable bonds is 5. The van der Waals surface area contributed by atoms with E-state index in [1.807, 2.05) is 6.92 Å². The van der Waals surface area contributed by atoms with Gasteiger partial charge in [-0.2, -0.15) is 4.98 Å². The van der Waals surface area contributed by atoms with Gasteiger partial charge in [-0.25, -0.2) is 0 Å². The molecule has 0 saturated heterocycles. The van der Waals surface area contributed by atoms with Crippen LogP contribution in [0.2, 0.25) is 0 Å². The quantitative estimate of drug-likeness (QED) is 0.665. The SMILES string of the molecule is CCOc1ccc(Oc2cc([N+](=O)[O-])cc(N)n2)cc1. The molecule has 0 unspecified atom stereocenters. The average Bonchev–Trinajstić information content (AvgIpc) is 2.40. The summed E-state index contributed by atoms with van der Waals surface area (Å²) in [5.74, 6) is 1.30. The van der Waals surface area contributed by atoms with Gasteiger partial charge in [0.15, 0.2) is 0 Å². The van der Waals surface area contributed by atoms with E-state index >= 15 is 0 Å². The number of nitrogen functional groups attached to an aromatic ring is 1. The number of anilines is 1. The van der Waals surface area contributed by atoms with E-state index in [2.05, 4.69) is 4.98 Å². The lowest BCUT2D eigenvalue weighted by Crippen LogP contribution is -1.97. The number of pyridine rings is 1. The van der Waals surface area contributed by atoms with Crippen molar-refractivity contribution in [3.63, 3.8) is 0 Å². The summed E-state index contributed by atoms with van der Waals surface area (Å²) in [6.07, 6.45) is 0. The van der Waals surface area contributed by atoms with Crippen molar-refractivity contribution in [2.24, 2.45) is 0 Å². The Bertz CT molecular complexity index is 614. The molecule has 1 aromatic carbocycles. The third-order valence-corrected chi connectivity index (χ3v) is 2.37. The van der Waals surface area contributed by atoms with Crippen molar-refractivity contribution in [2.75, 3.05) is 12.3 Å². The fourth-order valence-corrected chi connectivity index (χ4v) is 1.56. The number of nitro groups is 1. The summed E-state index contributed by atoms with van der Waals surface area (Å²) in [4.78, 5) is 14.1. The Labute approximate surface area is 115 Å². The molecule has 1 aromatic heterocycles. The van der Waals surface area contributed by atoms with Crippen LogP contribution in [0.1, 0.15) is 6.92 Å². The highest BCUT2D eigenvalue weighted by molar-refractivity contribution is 5.46. The van der Waals surface area contributed by atoms with Crippen LogP contribution >= 0.6 is 0 Å². The van der Waals surface area contributed by atoms with E-state index in [-0.39, 0.29) is 17.4 Å². The number of nitrogens with two attached hydrogens (primary N) is 1. The molecule has 104 valence electrons. The van der Waals surface area contributed by atoms with Crippen molar-refractivity contribution in [1.82, 2.24) is 4.98 Å². The molecular formula is C13H13N3O4. The van der Waals surface area contributed by atoms with Gasteiger partial charge in [-0.1, -0.05) is 0 Å².